The van der Waals surface area contributed by atoms with Gasteiger partial charge in [0.1, 0.15) is 6.54 Å². The second kappa shape index (κ2) is 6.98. The Bertz CT molecular complexity index is 1700. The summed E-state index contributed by atoms with van der Waals surface area (Å²) in [6.07, 6.45) is 5.15. The first kappa shape index (κ1) is 21.9. The highest BCUT2D eigenvalue weighted by atomic mass is 32.2. The predicted molar refractivity (Wildman–Crippen MR) is 138 cm³/mol. The molecule has 1 aromatic heterocycles. The van der Waals surface area contributed by atoms with E-state index < -0.39 is 21.0 Å². The molecule has 35 heavy (non-hydrogen) atoms. The average molecular weight is 487 g/mol. The summed E-state index contributed by atoms with van der Waals surface area (Å²) in [5.41, 5.74) is 3.27. The molecular formula is C28H26N2O4S. The number of sulfone groups is 1. The SMILES string of the molecule is Cn1c2ccccc2c2cc(/C=C/C34OC(=O)CN3c3ccc(S(C)(=O)=O)cc3C4(C)C)ccc21. The Morgan fingerprint density at radius 1 is 0.971 bits per heavy atom. The lowest BCUT2D eigenvalue weighted by atomic mass is 9.77. The molecule has 0 bridgehead atoms. The second-order valence-electron chi connectivity index (χ2n) is 10.0. The van der Waals surface area contributed by atoms with Crippen molar-refractivity contribution in [3.63, 3.8) is 0 Å². The van der Waals surface area contributed by atoms with Crippen LogP contribution < -0.4 is 4.90 Å². The highest BCUT2D eigenvalue weighted by Crippen LogP contribution is 2.55. The van der Waals surface area contributed by atoms with Gasteiger partial charge in [0, 0.05) is 40.8 Å². The Morgan fingerprint density at radius 2 is 1.71 bits per heavy atom. The van der Waals surface area contributed by atoms with Gasteiger partial charge in [-0.05, 0) is 67.4 Å². The van der Waals surface area contributed by atoms with Crippen LogP contribution in [0.2, 0.25) is 0 Å². The van der Waals surface area contributed by atoms with E-state index in [1.165, 1.54) is 17.2 Å². The lowest BCUT2D eigenvalue weighted by Crippen LogP contribution is -2.51. The van der Waals surface area contributed by atoms with Gasteiger partial charge >= 0.3 is 5.97 Å². The van der Waals surface area contributed by atoms with Crippen LogP contribution in [0.5, 0.6) is 0 Å². The molecule has 6 nitrogen and oxygen atoms in total. The number of carbonyl (C=O) groups excluding carboxylic acids is 1. The van der Waals surface area contributed by atoms with Crippen molar-refractivity contribution in [3.05, 3.63) is 77.9 Å². The summed E-state index contributed by atoms with van der Waals surface area (Å²) < 4.78 is 32.7. The zero-order valence-electron chi connectivity index (χ0n) is 20.1. The maximum Gasteiger partial charge on any atom is 0.328 e. The zero-order chi connectivity index (χ0) is 24.8. The molecule has 2 aliphatic heterocycles. The first-order valence-electron chi connectivity index (χ1n) is 11.5. The number of aryl methyl sites for hydroxylation is 1. The number of para-hydroxylation sites is 1. The van der Waals surface area contributed by atoms with Gasteiger partial charge in [0.2, 0.25) is 5.72 Å². The van der Waals surface area contributed by atoms with E-state index in [1.54, 1.807) is 18.2 Å². The minimum Gasteiger partial charge on any atom is -0.433 e. The van der Waals surface area contributed by atoms with Gasteiger partial charge in [0.25, 0.3) is 0 Å². The average Bonchev–Trinajstić information content (AvgIpc) is 3.37. The summed E-state index contributed by atoms with van der Waals surface area (Å²) >= 11 is 0. The van der Waals surface area contributed by atoms with Crippen molar-refractivity contribution in [1.82, 2.24) is 4.57 Å². The van der Waals surface area contributed by atoms with Crippen molar-refractivity contribution in [2.75, 3.05) is 17.7 Å². The summed E-state index contributed by atoms with van der Waals surface area (Å²) in [7, 11) is -1.30. The minimum absolute atomic E-state index is 0.112. The number of hydrogen-bond donors (Lipinski definition) is 0. The van der Waals surface area contributed by atoms with E-state index in [1.807, 2.05) is 43.0 Å². The molecule has 3 aromatic carbocycles. The van der Waals surface area contributed by atoms with Crippen LogP contribution in [0.15, 0.2) is 71.6 Å². The molecule has 0 N–H and O–H groups in total. The van der Waals surface area contributed by atoms with E-state index in [2.05, 4.69) is 41.9 Å². The smallest absolute Gasteiger partial charge is 0.328 e. The molecule has 7 heteroatoms. The van der Waals surface area contributed by atoms with Gasteiger partial charge in [0.15, 0.2) is 9.84 Å². The maximum atomic E-state index is 12.5. The van der Waals surface area contributed by atoms with E-state index >= 15 is 0 Å². The van der Waals surface area contributed by atoms with Gasteiger partial charge in [-0.25, -0.2) is 8.42 Å². The van der Waals surface area contributed by atoms with Crippen molar-refractivity contribution in [2.45, 2.75) is 29.9 Å². The van der Waals surface area contributed by atoms with Crippen LogP contribution >= 0.6 is 0 Å². The fraction of sp³-hybridized carbons (Fsp3) is 0.250. The lowest BCUT2D eigenvalue weighted by Gasteiger charge is -2.38. The molecule has 0 radical (unpaired) electrons. The van der Waals surface area contributed by atoms with Crippen LogP contribution in [0.4, 0.5) is 5.69 Å². The van der Waals surface area contributed by atoms with Crippen molar-refractivity contribution < 1.29 is 17.9 Å². The predicted octanol–water partition coefficient (Wildman–Crippen LogP) is 4.80. The van der Waals surface area contributed by atoms with Gasteiger partial charge in [0.05, 0.1) is 10.3 Å². The zero-order valence-corrected chi connectivity index (χ0v) is 20.9. The third-order valence-electron chi connectivity index (χ3n) is 7.65. The Hall–Kier alpha value is -3.58. The van der Waals surface area contributed by atoms with E-state index in [4.69, 9.17) is 4.74 Å². The van der Waals surface area contributed by atoms with Crippen LogP contribution in [0.3, 0.4) is 0 Å². The van der Waals surface area contributed by atoms with Gasteiger partial charge in [-0.2, -0.15) is 0 Å². The fourth-order valence-corrected chi connectivity index (χ4v) is 6.39. The summed E-state index contributed by atoms with van der Waals surface area (Å²) in [6.45, 7) is 4.10. The molecular weight excluding hydrogens is 460 g/mol. The Morgan fingerprint density at radius 3 is 2.49 bits per heavy atom. The number of ether oxygens (including phenoxy) is 1. The van der Waals surface area contributed by atoms with Crippen LogP contribution in [-0.4, -0.2) is 37.5 Å². The van der Waals surface area contributed by atoms with E-state index in [0.717, 1.165) is 27.7 Å². The third-order valence-corrected chi connectivity index (χ3v) is 8.76. The number of fused-ring (bicyclic) bond motifs is 6. The van der Waals surface area contributed by atoms with E-state index in [9.17, 15) is 13.2 Å². The van der Waals surface area contributed by atoms with Crippen molar-refractivity contribution in [1.29, 1.82) is 0 Å². The largest absolute Gasteiger partial charge is 0.433 e. The first-order valence-corrected chi connectivity index (χ1v) is 13.4. The number of hydrogen-bond acceptors (Lipinski definition) is 5. The van der Waals surface area contributed by atoms with Crippen molar-refractivity contribution >= 4 is 49.4 Å². The number of anilines is 1. The highest BCUT2D eigenvalue weighted by Gasteiger charge is 2.62. The standard InChI is InChI=1S/C28H26N2O4S/c1-27(2)22-16-19(35(4,32)33)10-12-25(22)30-17-26(31)34-28(27,30)14-13-18-9-11-24-21(15-18)20-7-5-6-8-23(20)29(24)3/h5-16H,17H2,1-4H3/b14-13+. The number of aromatic nitrogens is 1. The number of rotatable bonds is 3. The van der Waals surface area contributed by atoms with E-state index in [-0.39, 0.29) is 17.4 Å². The summed E-state index contributed by atoms with van der Waals surface area (Å²) in [5, 5.41) is 2.35. The molecule has 1 unspecified atom stereocenters. The van der Waals surface area contributed by atoms with E-state index in [0.29, 0.717) is 0 Å². The highest BCUT2D eigenvalue weighted by molar-refractivity contribution is 7.90. The summed E-state index contributed by atoms with van der Waals surface area (Å²) in [4.78, 5) is 14.7. The Kier molecular flexibility index (Phi) is 4.37. The Labute approximate surface area is 204 Å². The topological polar surface area (TPSA) is 68.6 Å². The number of benzene rings is 3. The molecule has 1 fully saturated rings. The first-order chi connectivity index (χ1) is 16.5. The molecule has 0 amide bonds. The summed E-state index contributed by atoms with van der Waals surface area (Å²) in [6, 6.07) is 19.8. The monoisotopic (exact) mass is 486 g/mol. The van der Waals surface area contributed by atoms with Gasteiger partial charge in [-0.15, -0.1) is 0 Å². The molecule has 3 heterocycles. The molecule has 1 saturated heterocycles. The van der Waals surface area contributed by atoms with Crippen LogP contribution in [0.1, 0.15) is 25.0 Å². The number of nitrogens with zero attached hydrogens (tertiary/aromatic N) is 2. The minimum atomic E-state index is -3.37. The van der Waals surface area contributed by atoms with Crippen molar-refractivity contribution in [3.8, 4) is 0 Å². The molecule has 0 saturated carbocycles. The van der Waals surface area contributed by atoms with Crippen LogP contribution in [0, 0.1) is 0 Å². The number of carbonyl (C=O) groups is 1. The van der Waals surface area contributed by atoms with Crippen molar-refractivity contribution in [2.24, 2.45) is 7.05 Å². The third kappa shape index (κ3) is 2.94. The molecule has 4 aromatic rings. The normalized spacial score (nSPS) is 21.1. The Balaban J connectivity index is 1.48. The van der Waals surface area contributed by atoms with Gasteiger partial charge in [-0.1, -0.05) is 30.3 Å². The molecule has 0 spiro atoms. The quantitative estimate of drug-likeness (QED) is 0.389. The molecule has 0 aliphatic carbocycles. The van der Waals surface area contributed by atoms with Crippen LogP contribution in [0.25, 0.3) is 27.9 Å². The molecule has 6 rings (SSSR count). The van der Waals surface area contributed by atoms with Crippen LogP contribution in [-0.2, 0) is 31.8 Å². The second-order valence-corrected chi connectivity index (χ2v) is 12.0. The molecule has 1 atom stereocenters. The molecule has 178 valence electrons. The summed E-state index contributed by atoms with van der Waals surface area (Å²) in [5.74, 6) is -0.301. The van der Waals surface area contributed by atoms with Gasteiger partial charge < -0.3 is 14.2 Å². The van der Waals surface area contributed by atoms with Gasteiger partial charge in [-0.3, -0.25) is 4.79 Å². The lowest BCUT2D eigenvalue weighted by molar-refractivity contribution is -0.147. The number of esters is 1. The molecule has 2 aliphatic rings. The fourth-order valence-electron chi connectivity index (χ4n) is 5.74. The maximum absolute atomic E-state index is 12.5.